The van der Waals surface area contributed by atoms with E-state index in [-0.39, 0.29) is 5.82 Å². The van der Waals surface area contributed by atoms with Crippen LogP contribution in [0.25, 0.3) is 0 Å². The average Bonchev–Trinajstić information content (AvgIpc) is 2.42. The van der Waals surface area contributed by atoms with Crippen LogP contribution in [-0.2, 0) is 4.74 Å². The van der Waals surface area contributed by atoms with Crippen LogP contribution in [0.3, 0.4) is 0 Å². The number of benzene rings is 1. The molecule has 0 fully saturated rings. The van der Waals surface area contributed by atoms with E-state index in [1.807, 2.05) is 11.8 Å². The number of hydrogen-bond acceptors (Lipinski definition) is 4. The molecule has 0 bridgehead atoms. The van der Waals surface area contributed by atoms with Crippen molar-refractivity contribution in [1.29, 1.82) is 0 Å². The Morgan fingerprint density at radius 3 is 2.79 bits per heavy atom. The van der Waals surface area contributed by atoms with Crippen molar-refractivity contribution in [2.45, 2.75) is 13.0 Å². The molecule has 1 aromatic carbocycles. The summed E-state index contributed by atoms with van der Waals surface area (Å²) in [5.74, 6) is -0.260. The van der Waals surface area contributed by atoms with E-state index in [4.69, 9.17) is 4.74 Å². The van der Waals surface area contributed by atoms with Crippen LogP contribution in [0.5, 0.6) is 0 Å². The predicted molar refractivity (Wildman–Crippen MR) is 75.0 cm³/mol. The lowest BCUT2D eigenvalue weighted by Crippen LogP contribution is -2.39. The molecule has 1 rings (SSSR count). The Bertz CT molecular complexity index is 363. The molecule has 1 atom stereocenters. The zero-order valence-corrected chi connectivity index (χ0v) is 11.6. The zero-order chi connectivity index (χ0) is 14.1. The quantitative estimate of drug-likeness (QED) is 0.663. The summed E-state index contributed by atoms with van der Waals surface area (Å²) >= 11 is 0. The highest BCUT2D eigenvalue weighted by atomic mass is 19.1. The van der Waals surface area contributed by atoms with Gasteiger partial charge in [-0.25, -0.2) is 4.39 Å². The van der Waals surface area contributed by atoms with Crippen LogP contribution in [0.4, 0.5) is 10.1 Å². The van der Waals surface area contributed by atoms with Crippen LogP contribution in [0.2, 0.25) is 0 Å². The summed E-state index contributed by atoms with van der Waals surface area (Å²) in [6.07, 6.45) is -0.545. The fourth-order valence-electron chi connectivity index (χ4n) is 1.87. The van der Waals surface area contributed by atoms with Crippen molar-refractivity contribution in [3.8, 4) is 0 Å². The summed E-state index contributed by atoms with van der Waals surface area (Å²) in [5, 5.41) is 13.0. The van der Waals surface area contributed by atoms with Gasteiger partial charge in [-0.15, -0.1) is 0 Å². The van der Waals surface area contributed by atoms with E-state index in [0.717, 1.165) is 0 Å². The fourth-order valence-corrected chi connectivity index (χ4v) is 1.87. The number of rotatable bonds is 9. The number of hydrogen-bond donors (Lipinski definition) is 2. The van der Waals surface area contributed by atoms with Crippen LogP contribution in [0.15, 0.2) is 24.3 Å². The molecule has 0 aromatic heterocycles. The summed E-state index contributed by atoms with van der Waals surface area (Å²) in [6.45, 7) is 4.76. The second-order valence-electron chi connectivity index (χ2n) is 4.34. The predicted octanol–water partition coefficient (Wildman–Crippen LogP) is 1.25. The second kappa shape index (κ2) is 8.85. The Morgan fingerprint density at radius 2 is 2.16 bits per heavy atom. The van der Waals surface area contributed by atoms with Crippen molar-refractivity contribution in [3.05, 3.63) is 30.1 Å². The number of ether oxygens (including phenoxy) is 1. The van der Waals surface area contributed by atoms with E-state index in [0.29, 0.717) is 38.5 Å². The molecule has 1 aromatic rings. The first-order valence-electron chi connectivity index (χ1n) is 6.56. The van der Waals surface area contributed by atoms with Crippen molar-refractivity contribution in [2.75, 3.05) is 44.8 Å². The molecule has 0 radical (unpaired) electrons. The Balaban J connectivity index is 2.46. The lowest BCUT2D eigenvalue weighted by molar-refractivity contribution is 0.163. The number of aliphatic hydroxyl groups excluding tert-OH is 1. The summed E-state index contributed by atoms with van der Waals surface area (Å²) in [5.41, 5.74) is 0.529. The number of anilines is 1. The van der Waals surface area contributed by atoms with Crippen LogP contribution < -0.4 is 10.2 Å². The van der Waals surface area contributed by atoms with Gasteiger partial charge in [-0.2, -0.15) is 0 Å². The number of para-hydroxylation sites is 1. The minimum absolute atomic E-state index is 0.260. The number of likely N-dealkylation sites (N-methyl/N-ethyl adjacent to an activating group) is 1. The van der Waals surface area contributed by atoms with E-state index < -0.39 is 6.10 Å². The van der Waals surface area contributed by atoms with Gasteiger partial charge >= 0.3 is 0 Å². The number of nitrogens with one attached hydrogen (secondary N) is 1. The van der Waals surface area contributed by atoms with Crippen molar-refractivity contribution in [3.63, 3.8) is 0 Å². The lowest BCUT2D eigenvalue weighted by Gasteiger charge is -2.26. The molecule has 0 spiro atoms. The van der Waals surface area contributed by atoms with E-state index in [1.54, 1.807) is 25.3 Å². The molecule has 0 heterocycles. The molecular formula is C14H23FN2O2. The maximum atomic E-state index is 13.7. The van der Waals surface area contributed by atoms with Gasteiger partial charge in [0.2, 0.25) is 0 Å². The Morgan fingerprint density at radius 1 is 1.42 bits per heavy atom. The van der Waals surface area contributed by atoms with Crippen molar-refractivity contribution in [1.82, 2.24) is 5.32 Å². The molecule has 0 aliphatic heterocycles. The van der Waals surface area contributed by atoms with Gasteiger partial charge in [0, 0.05) is 33.3 Å². The van der Waals surface area contributed by atoms with E-state index in [2.05, 4.69) is 5.32 Å². The largest absolute Gasteiger partial charge is 0.390 e. The van der Waals surface area contributed by atoms with Gasteiger partial charge in [0.1, 0.15) is 5.82 Å². The molecule has 5 heteroatoms. The van der Waals surface area contributed by atoms with Gasteiger partial charge in [-0.3, -0.25) is 0 Å². The molecule has 2 N–H and O–H groups in total. The van der Waals surface area contributed by atoms with Crippen molar-refractivity contribution < 1.29 is 14.2 Å². The van der Waals surface area contributed by atoms with Gasteiger partial charge in [-0.05, 0) is 19.1 Å². The third-order valence-corrected chi connectivity index (χ3v) is 2.87. The van der Waals surface area contributed by atoms with Gasteiger partial charge in [0.15, 0.2) is 0 Å². The van der Waals surface area contributed by atoms with Crippen molar-refractivity contribution >= 4 is 5.69 Å². The third kappa shape index (κ3) is 5.55. The third-order valence-electron chi connectivity index (χ3n) is 2.87. The second-order valence-corrected chi connectivity index (χ2v) is 4.34. The summed E-state index contributed by atoms with van der Waals surface area (Å²) in [6, 6.07) is 6.62. The number of halogens is 1. The van der Waals surface area contributed by atoms with Crippen LogP contribution >= 0.6 is 0 Å². The number of nitrogens with zero attached hydrogens (tertiary/aromatic N) is 1. The monoisotopic (exact) mass is 270 g/mol. The van der Waals surface area contributed by atoms with Crippen LogP contribution in [0, 0.1) is 5.82 Å². The first kappa shape index (κ1) is 15.9. The molecule has 1 unspecified atom stereocenters. The fraction of sp³-hybridized carbons (Fsp3) is 0.571. The standard InChI is InChI=1S/C14H23FN2O2/c1-3-17(14-7-5-4-6-13(14)15)11-12(18)10-16-8-9-19-2/h4-7,12,16,18H,3,8-11H2,1-2H3. The van der Waals surface area contributed by atoms with Gasteiger partial charge < -0.3 is 20.1 Å². The highest BCUT2D eigenvalue weighted by Crippen LogP contribution is 2.18. The van der Waals surface area contributed by atoms with Crippen LogP contribution in [0.1, 0.15) is 6.92 Å². The topological polar surface area (TPSA) is 44.7 Å². The molecule has 0 aliphatic carbocycles. The average molecular weight is 270 g/mol. The zero-order valence-electron chi connectivity index (χ0n) is 11.6. The Hall–Kier alpha value is -1.17. The Labute approximate surface area is 114 Å². The smallest absolute Gasteiger partial charge is 0.146 e. The normalized spacial score (nSPS) is 12.4. The molecule has 19 heavy (non-hydrogen) atoms. The molecule has 0 amide bonds. The highest BCUT2D eigenvalue weighted by Gasteiger charge is 2.13. The highest BCUT2D eigenvalue weighted by molar-refractivity contribution is 5.47. The first-order valence-corrected chi connectivity index (χ1v) is 6.56. The summed E-state index contributed by atoms with van der Waals surface area (Å²) < 4.78 is 18.6. The maximum Gasteiger partial charge on any atom is 0.146 e. The summed E-state index contributed by atoms with van der Waals surface area (Å²) in [7, 11) is 1.63. The molecule has 0 saturated carbocycles. The van der Waals surface area contributed by atoms with E-state index in [9.17, 15) is 9.50 Å². The lowest BCUT2D eigenvalue weighted by atomic mass is 10.2. The first-order chi connectivity index (χ1) is 9.19. The van der Waals surface area contributed by atoms with Crippen molar-refractivity contribution in [2.24, 2.45) is 0 Å². The summed E-state index contributed by atoms with van der Waals surface area (Å²) in [4.78, 5) is 1.83. The molecule has 0 saturated heterocycles. The maximum absolute atomic E-state index is 13.7. The molecule has 108 valence electrons. The molecule has 4 nitrogen and oxygen atoms in total. The molecular weight excluding hydrogens is 247 g/mol. The minimum Gasteiger partial charge on any atom is -0.390 e. The minimum atomic E-state index is -0.545. The van der Waals surface area contributed by atoms with E-state index >= 15 is 0 Å². The molecule has 0 aliphatic rings. The number of aliphatic hydroxyl groups is 1. The van der Waals surface area contributed by atoms with Crippen LogP contribution in [-0.4, -0.2) is 51.1 Å². The van der Waals surface area contributed by atoms with Gasteiger partial charge in [0.25, 0.3) is 0 Å². The SMILES string of the molecule is CCN(CC(O)CNCCOC)c1ccccc1F. The van der Waals surface area contributed by atoms with Gasteiger partial charge in [-0.1, -0.05) is 12.1 Å². The number of methoxy groups -OCH3 is 1. The van der Waals surface area contributed by atoms with E-state index in [1.165, 1.54) is 6.07 Å². The Kier molecular flexibility index (Phi) is 7.40. The van der Waals surface area contributed by atoms with Gasteiger partial charge in [0.05, 0.1) is 18.4 Å².